The fourth-order valence-corrected chi connectivity index (χ4v) is 4.19. The largest absolute Gasteiger partial charge is 0.493 e. The SMILES string of the molecule is CCOc1ccc(CNC(=NC)N2CC3CCCCC3C2)cc1OC. The molecule has 2 fully saturated rings. The molecule has 1 aliphatic carbocycles. The van der Waals surface area contributed by atoms with Crippen LogP contribution in [0.3, 0.4) is 0 Å². The zero-order chi connectivity index (χ0) is 17.6. The van der Waals surface area contributed by atoms with Crippen LogP contribution in [0.5, 0.6) is 11.5 Å². The fraction of sp³-hybridized carbons (Fsp3) is 0.650. The summed E-state index contributed by atoms with van der Waals surface area (Å²) in [5, 5.41) is 3.52. The summed E-state index contributed by atoms with van der Waals surface area (Å²) in [6, 6.07) is 6.10. The highest BCUT2D eigenvalue weighted by molar-refractivity contribution is 5.80. The van der Waals surface area contributed by atoms with Gasteiger partial charge in [0, 0.05) is 26.7 Å². The molecule has 138 valence electrons. The van der Waals surface area contributed by atoms with Crippen molar-refractivity contribution >= 4 is 5.96 Å². The molecule has 1 aromatic carbocycles. The molecule has 5 nitrogen and oxygen atoms in total. The van der Waals surface area contributed by atoms with E-state index in [0.29, 0.717) is 6.61 Å². The van der Waals surface area contributed by atoms with Crippen LogP contribution in [0.15, 0.2) is 23.2 Å². The lowest BCUT2D eigenvalue weighted by molar-refractivity contribution is 0.299. The van der Waals surface area contributed by atoms with Crippen LogP contribution in [-0.4, -0.2) is 44.7 Å². The average molecular weight is 345 g/mol. The number of nitrogens with zero attached hydrogens (tertiary/aromatic N) is 2. The van der Waals surface area contributed by atoms with Gasteiger partial charge in [-0.25, -0.2) is 0 Å². The van der Waals surface area contributed by atoms with Gasteiger partial charge in [-0.15, -0.1) is 0 Å². The molecule has 1 N–H and O–H groups in total. The molecule has 0 amide bonds. The fourth-order valence-electron chi connectivity index (χ4n) is 4.19. The van der Waals surface area contributed by atoms with Crippen LogP contribution in [0.1, 0.15) is 38.2 Å². The average Bonchev–Trinajstić information content (AvgIpc) is 3.07. The number of methoxy groups -OCH3 is 1. The first-order valence-electron chi connectivity index (χ1n) is 9.50. The number of fused-ring (bicyclic) bond motifs is 1. The Morgan fingerprint density at radius 2 is 1.92 bits per heavy atom. The van der Waals surface area contributed by atoms with E-state index >= 15 is 0 Å². The zero-order valence-electron chi connectivity index (χ0n) is 15.8. The molecule has 0 aromatic heterocycles. The molecule has 0 bridgehead atoms. The van der Waals surface area contributed by atoms with Gasteiger partial charge in [0.2, 0.25) is 0 Å². The number of guanidine groups is 1. The lowest BCUT2D eigenvalue weighted by Gasteiger charge is -2.22. The highest BCUT2D eigenvalue weighted by Gasteiger charge is 2.35. The Labute approximate surface area is 151 Å². The highest BCUT2D eigenvalue weighted by Crippen LogP contribution is 2.36. The van der Waals surface area contributed by atoms with Gasteiger partial charge in [0.05, 0.1) is 13.7 Å². The standard InChI is InChI=1S/C20H31N3O2/c1-4-25-18-10-9-15(11-19(18)24-3)12-22-20(21-2)23-13-16-7-5-6-8-17(16)14-23/h9-11,16-17H,4-8,12-14H2,1-3H3,(H,21,22). The number of nitrogens with one attached hydrogen (secondary N) is 1. The smallest absolute Gasteiger partial charge is 0.193 e. The van der Waals surface area contributed by atoms with E-state index in [1.165, 1.54) is 25.7 Å². The normalized spacial score (nSPS) is 23.3. The molecule has 0 spiro atoms. The maximum atomic E-state index is 5.59. The molecule has 2 unspecified atom stereocenters. The van der Waals surface area contributed by atoms with Gasteiger partial charge in [-0.05, 0) is 49.3 Å². The van der Waals surface area contributed by atoms with Gasteiger partial charge in [0.25, 0.3) is 0 Å². The van der Waals surface area contributed by atoms with Crippen molar-refractivity contribution in [2.24, 2.45) is 16.8 Å². The molecule has 1 aromatic rings. The minimum absolute atomic E-state index is 0.637. The summed E-state index contributed by atoms with van der Waals surface area (Å²) in [4.78, 5) is 6.95. The molecule has 2 atom stereocenters. The van der Waals surface area contributed by atoms with Gasteiger partial charge in [0.15, 0.2) is 17.5 Å². The number of likely N-dealkylation sites (tertiary alicyclic amines) is 1. The highest BCUT2D eigenvalue weighted by atomic mass is 16.5. The van der Waals surface area contributed by atoms with Gasteiger partial charge in [0.1, 0.15) is 0 Å². The van der Waals surface area contributed by atoms with Crippen LogP contribution >= 0.6 is 0 Å². The summed E-state index contributed by atoms with van der Waals surface area (Å²) < 4.78 is 11.0. The monoisotopic (exact) mass is 345 g/mol. The predicted molar refractivity (Wildman–Crippen MR) is 101 cm³/mol. The third-order valence-electron chi connectivity index (χ3n) is 5.47. The molecule has 5 heteroatoms. The quantitative estimate of drug-likeness (QED) is 0.657. The van der Waals surface area contributed by atoms with E-state index < -0.39 is 0 Å². The van der Waals surface area contributed by atoms with E-state index in [2.05, 4.69) is 21.3 Å². The van der Waals surface area contributed by atoms with Crippen LogP contribution in [-0.2, 0) is 6.54 Å². The first kappa shape index (κ1) is 17.9. The van der Waals surface area contributed by atoms with Crippen LogP contribution in [0.25, 0.3) is 0 Å². The third-order valence-corrected chi connectivity index (χ3v) is 5.47. The zero-order valence-corrected chi connectivity index (χ0v) is 15.8. The van der Waals surface area contributed by atoms with Crippen molar-refractivity contribution in [3.63, 3.8) is 0 Å². The van der Waals surface area contributed by atoms with Crippen molar-refractivity contribution in [2.45, 2.75) is 39.2 Å². The van der Waals surface area contributed by atoms with E-state index in [-0.39, 0.29) is 0 Å². The van der Waals surface area contributed by atoms with Crippen LogP contribution < -0.4 is 14.8 Å². The predicted octanol–water partition coefficient (Wildman–Crippen LogP) is 3.29. The summed E-state index contributed by atoms with van der Waals surface area (Å²) in [5.41, 5.74) is 1.16. The Kier molecular flexibility index (Phi) is 6.05. The molecule has 3 rings (SSSR count). The van der Waals surface area contributed by atoms with E-state index in [1.54, 1.807) is 7.11 Å². The Hall–Kier alpha value is -1.91. The van der Waals surface area contributed by atoms with E-state index in [1.807, 2.05) is 26.1 Å². The van der Waals surface area contributed by atoms with Gasteiger partial charge in [-0.3, -0.25) is 4.99 Å². The Balaban J connectivity index is 1.60. The number of aliphatic imine (C=N–C) groups is 1. The van der Waals surface area contributed by atoms with Crippen molar-refractivity contribution in [1.82, 2.24) is 10.2 Å². The van der Waals surface area contributed by atoms with Crippen LogP contribution in [0.4, 0.5) is 0 Å². The summed E-state index contributed by atoms with van der Waals surface area (Å²) in [5.74, 6) is 4.31. The summed E-state index contributed by atoms with van der Waals surface area (Å²) in [6.45, 7) is 5.65. The molecule has 2 aliphatic rings. The molecule has 1 heterocycles. The van der Waals surface area contributed by atoms with E-state index in [4.69, 9.17) is 9.47 Å². The van der Waals surface area contributed by atoms with Crippen molar-refractivity contribution in [1.29, 1.82) is 0 Å². The molecule has 0 radical (unpaired) electrons. The number of rotatable bonds is 5. The Bertz CT molecular complexity index is 589. The molecule has 25 heavy (non-hydrogen) atoms. The number of hydrogen-bond acceptors (Lipinski definition) is 3. The van der Waals surface area contributed by atoms with Gasteiger partial charge >= 0.3 is 0 Å². The van der Waals surface area contributed by atoms with Gasteiger partial charge in [-0.2, -0.15) is 0 Å². The lowest BCUT2D eigenvalue weighted by atomic mass is 9.82. The maximum Gasteiger partial charge on any atom is 0.193 e. The van der Waals surface area contributed by atoms with Crippen molar-refractivity contribution in [3.8, 4) is 11.5 Å². The topological polar surface area (TPSA) is 46.1 Å². The number of ether oxygens (including phenoxy) is 2. The summed E-state index contributed by atoms with van der Waals surface area (Å²) in [6.07, 6.45) is 5.56. The molecule has 1 aliphatic heterocycles. The Morgan fingerprint density at radius 1 is 1.20 bits per heavy atom. The molecular weight excluding hydrogens is 314 g/mol. The second-order valence-electron chi connectivity index (χ2n) is 7.03. The first-order chi connectivity index (χ1) is 12.2. The minimum Gasteiger partial charge on any atom is -0.493 e. The van der Waals surface area contributed by atoms with E-state index in [0.717, 1.165) is 54.5 Å². The Morgan fingerprint density at radius 3 is 2.52 bits per heavy atom. The van der Waals surface area contributed by atoms with Crippen molar-refractivity contribution in [2.75, 3.05) is 33.9 Å². The maximum absolute atomic E-state index is 5.59. The molecule has 1 saturated carbocycles. The third kappa shape index (κ3) is 4.20. The summed E-state index contributed by atoms with van der Waals surface area (Å²) >= 11 is 0. The second-order valence-corrected chi connectivity index (χ2v) is 7.03. The summed E-state index contributed by atoms with van der Waals surface area (Å²) in [7, 11) is 3.56. The second kappa shape index (κ2) is 8.45. The minimum atomic E-state index is 0.637. The van der Waals surface area contributed by atoms with Crippen molar-refractivity contribution in [3.05, 3.63) is 23.8 Å². The van der Waals surface area contributed by atoms with E-state index in [9.17, 15) is 0 Å². The lowest BCUT2D eigenvalue weighted by Crippen LogP contribution is -2.39. The van der Waals surface area contributed by atoms with Gasteiger partial charge < -0.3 is 19.7 Å². The van der Waals surface area contributed by atoms with Crippen LogP contribution in [0.2, 0.25) is 0 Å². The van der Waals surface area contributed by atoms with Crippen molar-refractivity contribution < 1.29 is 9.47 Å². The first-order valence-corrected chi connectivity index (χ1v) is 9.50. The molecular formula is C20H31N3O2. The number of benzene rings is 1. The van der Waals surface area contributed by atoms with Crippen LogP contribution in [0, 0.1) is 11.8 Å². The molecule has 1 saturated heterocycles. The number of hydrogen-bond donors (Lipinski definition) is 1. The van der Waals surface area contributed by atoms with Gasteiger partial charge in [-0.1, -0.05) is 18.9 Å².